The number of fused-ring (bicyclic) bond motifs is 5. The molecule has 0 radical (unpaired) electrons. The molecule has 3 heterocycles. The summed E-state index contributed by atoms with van der Waals surface area (Å²) in [6.45, 7) is 23.1. The molecule has 0 aromatic carbocycles. The van der Waals surface area contributed by atoms with Gasteiger partial charge in [-0.25, -0.2) is 4.39 Å². The fourth-order valence-corrected chi connectivity index (χ4v) is 16.5. The second-order valence-electron chi connectivity index (χ2n) is 27.5. The number of likely N-dealkylation sites (N-methyl/N-ethyl adjacent to an activating group) is 1. The fourth-order valence-electron chi connectivity index (χ4n) is 16.5. The zero-order valence-electron chi connectivity index (χ0n) is 51.3. The minimum Gasteiger partial charge on any atom is -0.459 e. The Hall–Kier alpha value is -2.54. The molecule has 0 aromatic rings. The van der Waals surface area contributed by atoms with Crippen LogP contribution in [0.25, 0.3) is 0 Å². The monoisotopic (exact) mass is 1150 g/mol. The van der Waals surface area contributed by atoms with Crippen molar-refractivity contribution in [1.82, 2.24) is 15.1 Å². The number of alkyl halides is 1. The number of nitrogens with zero attached hydrogens (tertiary/aromatic N) is 2. The number of amides is 1. The summed E-state index contributed by atoms with van der Waals surface area (Å²) in [5.41, 5.74) is -10.7. The Morgan fingerprint density at radius 2 is 1.57 bits per heavy atom. The van der Waals surface area contributed by atoms with Crippen LogP contribution < -0.4 is 5.32 Å². The number of nitrogens with one attached hydrogen (secondary N) is 1. The minimum absolute atomic E-state index is 0.0643. The number of hydrogen-bond acceptors (Lipinski definition) is 18. The molecule has 81 heavy (non-hydrogen) atoms. The van der Waals surface area contributed by atoms with E-state index in [2.05, 4.69) is 5.32 Å². The quantitative estimate of drug-likeness (QED) is 0.101. The summed E-state index contributed by atoms with van der Waals surface area (Å²) in [5, 5.41) is 88.4. The van der Waals surface area contributed by atoms with Crippen LogP contribution in [0.5, 0.6) is 0 Å². The number of rotatable bonds is 12. The Morgan fingerprint density at radius 1 is 0.901 bits per heavy atom. The number of cyclic esters (lactones) is 1. The van der Waals surface area contributed by atoms with Crippen molar-refractivity contribution in [2.45, 2.75) is 255 Å². The van der Waals surface area contributed by atoms with E-state index < -0.39 is 148 Å². The van der Waals surface area contributed by atoms with Crippen LogP contribution in [0, 0.1) is 46.3 Å². The molecule has 6 fully saturated rings. The number of allylic oxidation sites excluding steroid dienone is 4. The molecule has 3 saturated heterocycles. The van der Waals surface area contributed by atoms with Crippen LogP contribution in [0.1, 0.15) is 148 Å². The Kier molecular flexibility index (Phi) is 19.8. The molecule has 19 nitrogen and oxygen atoms in total. The van der Waals surface area contributed by atoms with Crippen LogP contribution in [0.3, 0.4) is 0 Å². The number of ketones is 1. The zero-order chi connectivity index (χ0) is 60.5. The smallest absolute Gasteiger partial charge is 0.311 e. The number of halogens is 1. The number of aliphatic hydroxyl groups excluding tert-OH is 4. The molecule has 0 spiro atoms. The molecule has 7 rings (SSSR count). The summed E-state index contributed by atoms with van der Waals surface area (Å²) < 4.78 is 56.2. The highest BCUT2D eigenvalue weighted by atomic mass is 19.1. The van der Waals surface area contributed by atoms with Gasteiger partial charge in [0, 0.05) is 67.9 Å². The third kappa shape index (κ3) is 11.8. The molecule has 7 aliphatic rings. The van der Waals surface area contributed by atoms with Crippen LogP contribution in [0.15, 0.2) is 23.8 Å². The maximum Gasteiger partial charge on any atom is 0.311 e. The molecule has 1 amide bonds. The highest BCUT2D eigenvalue weighted by molar-refractivity contribution is 6.01. The van der Waals surface area contributed by atoms with Crippen molar-refractivity contribution in [2.24, 2.45) is 46.3 Å². The van der Waals surface area contributed by atoms with Crippen LogP contribution in [-0.2, 0) is 42.8 Å². The molecule has 26 atom stereocenters. The maximum absolute atomic E-state index is 17.9. The predicted molar refractivity (Wildman–Crippen MR) is 299 cm³/mol. The van der Waals surface area contributed by atoms with Crippen molar-refractivity contribution in [1.29, 1.82) is 0 Å². The van der Waals surface area contributed by atoms with E-state index in [1.165, 1.54) is 26.2 Å². The lowest BCUT2D eigenvalue weighted by Gasteiger charge is -2.62. The molecule has 6 unspecified atom stereocenters. The Bertz CT molecular complexity index is 2310. The number of carbonyl (C=O) groups excluding carboxylic acids is 3. The summed E-state index contributed by atoms with van der Waals surface area (Å²) in [4.78, 5) is 45.6. The summed E-state index contributed by atoms with van der Waals surface area (Å²) in [6.07, 6.45) is -5.63. The molecule has 0 bridgehead atoms. The van der Waals surface area contributed by atoms with E-state index in [0.717, 1.165) is 0 Å². The highest BCUT2D eigenvalue weighted by Crippen LogP contribution is 2.70. The first kappa shape index (κ1) is 66.0. The van der Waals surface area contributed by atoms with Gasteiger partial charge in [0.1, 0.15) is 30.0 Å². The van der Waals surface area contributed by atoms with E-state index >= 15 is 4.39 Å². The summed E-state index contributed by atoms with van der Waals surface area (Å²) in [6, 6.07) is -1.17. The lowest BCUT2D eigenvalue weighted by atomic mass is 9.44. The van der Waals surface area contributed by atoms with Gasteiger partial charge >= 0.3 is 5.97 Å². The third-order valence-corrected chi connectivity index (χ3v) is 21.5. The van der Waals surface area contributed by atoms with Crippen molar-refractivity contribution in [2.75, 3.05) is 40.8 Å². The van der Waals surface area contributed by atoms with Gasteiger partial charge in [0.2, 0.25) is 0 Å². The van der Waals surface area contributed by atoms with Crippen molar-refractivity contribution in [3.05, 3.63) is 23.8 Å². The van der Waals surface area contributed by atoms with Crippen LogP contribution in [-0.4, -0.2) is 212 Å². The first-order valence-corrected chi connectivity index (χ1v) is 30.1. The number of esters is 1. The van der Waals surface area contributed by atoms with Gasteiger partial charge in [-0.3, -0.25) is 19.3 Å². The van der Waals surface area contributed by atoms with E-state index in [1.807, 2.05) is 37.7 Å². The second-order valence-corrected chi connectivity index (χ2v) is 27.5. The zero-order valence-corrected chi connectivity index (χ0v) is 51.3. The summed E-state index contributed by atoms with van der Waals surface area (Å²) in [5.74, 6) is -5.72. The molecular weight excluding hydrogens is 1050 g/mol. The first-order chi connectivity index (χ1) is 37.5. The second kappa shape index (κ2) is 24.3. The van der Waals surface area contributed by atoms with Crippen LogP contribution in [0.2, 0.25) is 0 Å². The Morgan fingerprint density at radius 3 is 2.20 bits per heavy atom. The molecule has 8 N–H and O–H groups in total. The Labute approximate surface area is 480 Å². The standard InChI is InChI=1S/C61H102FN3O16/c1-17-45-59(13,74)49(69)37(7)65(24-18-23-63-54(72)61(75)33(3)25-42-41-20-19-39-27-40(66)21-22-55(39,9)60(41,62)44(67)29-56(42,61)10)31-32(2)28-57(11,73)51(81-53-47(68)43(64(14)15)26-34(4)77-53)35(5)48(36(6)52(71)79-45)80-46-30-58(12,76-16)50(70)38(8)78-46/h21-22,27,32-38,41-51,53,67-70,73-75H,17-20,23-26,28-31H2,1-16H3,(H,63,72)/t32-,33-,34?,35+,36-,37-,38?,41?,42?,43-,44+,45-,46?,47-,48+,49-,50-,51-,53?,55+,56+,57-,58+,59-,60+,61+/m1/s1. The van der Waals surface area contributed by atoms with Gasteiger partial charge in [-0.2, -0.15) is 0 Å². The van der Waals surface area contributed by atoms with Gasteiger partial charge in [-0.1, -0.05) is 46.3 Å². The van der Waals surface area contributed by atoms with Gasteiger partial charge < -0.3 is 74.4 Å². The largest absolute Gasteiger partial charge is 0.459 e. The van der Waals surface area contributed by atoms with Crippen molar-refractivity contribution in [3.8, 4) is 0 Å². The fraction of sp³-hybridized carbons (Fsp3) is 0.885. The number of carbonyl (C=O) groups is 3. The summed E-state index contributed by atoms with van der Waals surface area (Å²) >= 11 is 0. The summed E-state index contributed by atoms with van der Waals surface area (Å²) in [7, 11) is 5.20. The minimum atomic E-state index is -2.13. The van der Waals surface area contributed by atoms with Gasteiger partial charge in [0.15, 0.2) is 29.6 Å². The van der Waals surface area contributed by atoms with Crippen LogP contribution >= 0.6 is 0 Å². The molecular formula is C61H102FN3O16. The lowest BCUT2D eigenvalue weighted by molar-refractivity contribution is -0.318. The number of ether oxygens (including phenoxy) is 6. The van der Waals surface area contributed by atoms with Crippen molar-refractivity contribution < 1.29 is 82.9 Å². The third-order valence-electron chi connectivity index (χ3n) is 21.5. The van der Waals surface area contributed by atoms with Gasteiger partial charge in [0.05, 0.1) is 47.6 Å². The number of methoxy groups -OCH3 is 1. The molecule has 3 aliphatic heterocycles. The number of hydrogen-bond donors (Lipinski definition) is 8. The lowest BCUT2D eigenvalue weighted by Crippen LogP contribution is -2.70. The highest BCUT2D eigenvalue weighted by Gasteiger charge is 2.76. The molecule has 3 saturated carbocycles. The average molecular weight is 1150 g/mol. The van der Waals surface area contributed by atoms with Crippen molar-refractivity contribution >= 4 is 17.7 Å². The molecule has 4 aliphatic carbocycles. The van der Waals surface area contributed by atoms with E-state index in [4.69, 9.17) is 28.4 Å². The van der Waals surface area contributed by atoms with E-state index in [-0.39, 0.29) is 69.2 Å². The van der Waals surface area contributed by atoms with Crippen LogP contribution in [0.4, 0.5) is 4.39 Å². The molecule has 0 aromatic heterocycles. The maximum atomic E-state index is 17.9. The van der Waals surface area contributed by atoms with Gasteiger partial charge in [-0.05, 0) is 151 Å². The average Bonchev–Trinajstić information content (AvgIpc) is 2.79. The topological polar surface area (TPSA) is 267 Å². The van der Waals surface area contributed by atoms with E-state index in [1.54, 1.807) is 75.3 Å². The molecule has 20 heteroatoms. The van der Waals surface area contributed by atoms with Crippen molar-refractivity contribution in [3.63, 3.8) is 0 Å². The van der Waals surface area contributed by atoms with Gasteiger partial charge in [0.25, 0.3) is 5.91 Å². The van der Waals surface area contributed by atoms with E-state index in [9.17, 15) is 50.1 Å². The van der Waals surface area contributed by atoms with E-state index in [0.29, 0.717) is 37.7 Å². The molecule has 464 valence electrons. The first-order valence-electron chi connectivity index (χ1n) is 30.1. The normalized spacial score (nSPS) is 50.3. The SMILES string of the molecule is CC[C@H]1OC(=O)[C@H](C)[C@@H](OC2C[C@](C)(OC)[C@H](O)C(C)O2)[C@H](C)[C@@H](OC2OC(C)C[C@@H](N(C)C)[C@H]2O)[C@](C)(O)C[C@@H](C)CN(CCCNC(=O)[C@@]2(O)[C@H](C)CC3C4CCC5=CC(=O)C=C[C@]5(C)[C@@]4(F)[C@@H](O)C[C@@]32C)[C@H](C)[C@@H](O)[C@]1(C)O. The Balaban J connectivity index is 1.16. The predicted octanol–water partition coefficient (Wildman–Crippen LogP) is 4.13. The van der Waals surface area contributed by atoms with Gasteiger partial charge in [-0.15, -0.1) is 0 Å². The number of aliphatic hydroxyl groups is 7.